The summed E-state index contributed by atoms with van der Waals surface area (Å²) in [6, 6.07) is 17.8. The molecule has 0 radical (unpaired) electrons. The van der Waals surface area contributed by atoms with E-state index in [0.717, 1.165) is 38.0 Å². The first kappa shape index (κ1) is 25.3. The second-order valence-corrected chi connectivity index (χ2v) is 10.8. The molecule has 3 fully saturated rings. The van der Waals surface area contributed by atoms with Crippen molar-refractivity contribution in [2.24, 2.45) is 5.92 Å². The number of hydrogen-bond acceptors (Lipinski definition) is 4. The predicted octanol–water partition coefficient (Wildman–Crippen LogP) is 3.79. The smallest absolute Gasteiger partial charge is 0.253 e. The van der Waals surface area contributed by atoms with E-state index in [1.807, 2.05) is 64.4 Å². The van der Waals surface area contributed by atoms with Crippen molar-refractivity contribution in [1.29, 1.82) is 0 Å². The number of nitrogens with zero attached hydrogens (tertiary/aromatic N) is 4. The van der Waals surface area contributed by atoms with Crippen LogP contribution in [0.2, 0.25) is 0 Å². The number of carbonyl (C=O) groups is 3. The lowest BCUT2D eigenvalue weighted by atomic mass is 9.85. The van der Waals surface area contributed by atoms with Crippen molar-refractivity contribution in [3.63, 3.8) is 0 Å². The van der Waals surface area contributed by atoms with Crippen molar-refractivity contribution >= 4 is 23.4 Å². The fourth-order valence-corrected chi connectivity index (χ4v) is 5.99. The van der Waals surface area contributed by atoms with Crippen LogP contribution in [0.3, 0.4) is 0 Å². The Kier molecular flexibility index (Phi) is 7.22. The van der Waals surface area contributed by atoms with Crippen LogP contribution in [0.25, 0.3) is 0 Å². The van der Waals surface area contributed by atoms with Gasteiger partial charge in [0.25, 0.3) is 11.8 Å². The van der Waals surface area contributed by atoms with E-state index in [4.69, 9.17) is 0 Å². The van der Waals surface area contributed by atoms with Gasteiger partial charge < -0.3 is 19.6 Å². The lowest BCUT2D eigenvalue weighted by Crippen LogP contribution is -2.57. The molecule has 7 heteroatoms. The van der Waals surface area contributed by atoms with Gasteiger partial charge in [-0.1, -0.05) is 44.2 Å². The molecule has 0 unspecified atom stereocenters. The summed E-state index contributed by atoms with van der Waals surface area (Å²) >= 11 is 0. The number of carbonyl (C=O) groups excluding carboxylic acids is 3. The molecule has 3 heterocycles. The van der Waals surface area contributed by atoms with E-state index in [2.05, 4.69) is 18.7 Å². The Morgan fingerprint density at radius 2 is 1.54 bits per heavy atom. The van der Waals surface area contributed by atoms with Gasteiger partial charge in [0.2, 0.25) is 5.91 Å². The molecular formula is C30H38N4O3. The zero-order valence-corrected chi connectivity index (χ0v) is 22.1. The summed E-state index contributed by atoms with van der Waals surface area (Å²) in [5.41, 5.74) is 2.14. The van der Waals surface area contributed by atoms with Gasteiger partial charge in [0.1, 0.15) is 12.1 Å². The topological polar surface area (TPSA) is 64.2 Å². The van der Waals surface area contributed by atoms with E-state index >= 15 is 0 Å². The molecule has 0 aromatic heterocycles. The third-order valence-corrected chi connectivity index (χ3v) is 8.53. The van der Waals surface area contributed by atoms with Crippen LogP contribution in [0.4, 0.5) is 5.69 Å². The number of likely N-dealkylation sites (tertiary alicyclic amines) is 2. The molecule has 3 aliphatic heterocycles. The molecule has 7 nitrogen and oxygen atoms in total. The zero-order chi connectivity index (χ0) is 26.0. The monoisotopic (exact) mass is 502 g/mol. The molecule has 3 aliphatic rings. The Bertz CT molecular complexity index is 1120. The van der Waals surface area contributed by atoms with Crippen LogP contribution in [0.5, 0.6) is 0 Å². The summed E-state index contributed by atoms with van der Waals surface area (Å²) < 4.78 is 0. The van der Waals surface area contributed by atoms with Crippen LogP contribution in [-0.2, 0) is 16.0 Å². The number of aryl methyl sites for hydroxylation is 1. The first-order chi connectivity index (χ1) is 17.9. The number of anilines is 1. The van der Waals surface area contributed by atoms with Crippen LogP contribution >= 0.6 is 0 Å². The van der Waals surface area contributed by atoms with Crippen molar-refractivity contribution in [3.8, 4) is 0 Å². The van der Waals surface area contributed by atoms with Crippen molar-refractivity contribution in [1.82, 2.24) is 14.7 Å². The van der Waals surface area contributed by atoms with Crippen LogP contribution in [0, 0.1) is 5.92 Å². The molecule has 0 aliphatic carbocycles. The van der Waals surface area contributed by atoms with Gasteiger partial charge in [-0.05, 0) is 67.9 Å². The van der Waals surface area contributed by atoms with Crippen molar-refractivity contribution in [2.45, 2.75) is 51.5 Å². The van der Waals surface area contributed by atoms with Gasteiger partial charge >= 0.3 is 0 Å². The number of benzene rings is 2. The largest absolute Gasteiger partial charge is 0.341 e. The maximum Gasteiger partial charge on any atom is 0.253 e. The third kappa shape index (κ3) is 4.96. The van der Waals surface area contributed by atoms with Crippen LogP contribution in [0.1, 0.15) is 55.5 Å². The van der Waals surface area contributed by atoms with Crippen LogP contribution in [-0.4, -0.2) is 77.4 Å². The SMILES string of the molecule is CCc1ccc(C(=O)N2CCC3(CC2)C(=O)N(CC(=O)N2CCC(C)CC2)CN3c2ccccc2)cc1. The molecule has 3 saturated heterocycles. The quantitative estimate of drug-likeness (QED) is 0.624. The van der Waals surface area contributed by atoms with Crippen molar-refractivity contribution < 1.29 is 14.4 Å². The molecule has 0 saturated carbocycles. The van der Waals surface area contributed by atoms with Gasteiger partial charge in [-0.25, -0.2) is 0 Å². The van der Waals surface area contributed by atoms with Crippen molar-refractivity contribution in [3.05, 3.63) is 65.7 Å². The molecule has 37 heavy (non-hydrogen) atoms. The lowest BCUT2D eigenvalue weighted by molar-refractivity contribution is -0.141. The predicted molar refractivity (Wildman–Crippen MR) is 144 cm³/mol. The molecule has 0 bridgehead atoms. The van der Waals surface area contributed by atoms with Crippen LogP contribution < -0.4 is 4.90 Å². The lowest BCUT2D eigenvalue weighted by Gasteiger charge is -2.43. The van der Waals surface area contributed by atoms with E-state index in [1.54, 1.807) is 4.90 Å². The number of para-hydroxylation sites is 1. The molecule has 0 atom stereocenters. The fourth-order valence-electron chi connectivity index (χ4n) is 5.99. The fraction of sp³-hybridized carbons (Fsp3) is 0.500. The summed E-state index contributed by atoms with van der Waals surface area (Å²) in [4.78, 5) is 48.0. The summed E-state index contributed by atoms with van der Waals surface area (Å²) in [7, 11) is 0. The highest BCUT2D eigenvalue weighted by Gasteiger charge is 2.54. The third-order valence-electron chi connectivity index (χ3n) is 8.53. The van der Waals surface area contributed by atoms with Crippen molar-refractivity contribution in [2.75, 3.05) is 44.3 Å². The van der Waals surface area contributed by atoms with E-state index in [9.17, 15) is 14.4 Å². The molecule has 3 amide bonds. The average molecular weight is 503 g/mol. The van der Waals surface area contributed by atoms with E-state index in [-0.39, 0.29) is 24.3 Å². The minimum atomic E-state index is -0.735. The molecule has 0 N–H and O–H groups in total. The Morgan fingerprint density at radius 1 is 0.892 bits per heavy atom. The molecule has 2 aromatic carbocycles. The van der Waals surface area contributed by atoms with E-state index in [1.165, 1.54) is 5.56 Å². The van der Waals surface area contributed by atoms with Gasteiger partial charge in [-0.15, -0.1) is 0 Å². The first-order valence-corrected chi connectivity index (χ1v) is 13.7. The maximum absolute atomic E-state index is 14.0. The Morgan fingerprint density at radius 3 is 2.16 bits per heavy atom. The van der Waals surface area contributed by atoms with E-state index in [0.29, 0.717) is 44.1 Å². The summed E-state index contributed by atoms with van der Waals surface area (Å²) in [5.74, 6) is 0.704. The molecule has 5 rings (SSSR count). The summed E-state index contributed by atoms with van der Waals surface area (Å²) in [6.07, 6.45) is 4.07. The van der Waals surface area contributed by atoms with Gasteiger partial charge in [-0.3, -0.25) is 14.4 Å². The zero-order valence-electron chi connectivity index (χ0n) is 22.1. The highest BCUT2D eigenvalue weighted by molar-refractivity contribution is 5.97. The van der Waals surface area contributed by atoms with Gasteiger partial charge in [0.15, 0.2) is 0 Å². The average Bonchev–Trinajstić information content (AvgIpc) is 3.20. The number of piperidine rings is 2. The molecule has 2 aromatic rings. The standard InChI is InChI=1S/C30H38N4O3/c1-3-24-9-11-25(12-10-24)28(36)32-19-15-30(16-20-32)29(37)33(22-34(30)26-7-5-4-6-8-26)21-27(35)31-17-13-23(2)14-18-31/h4-12,23H,3,13-22H2,1-2H3. The number of hydrogen-bond donors (Lipinski definition) is 0. The Hall–Kier alpha value is -3.35. The second kappa shape index (κ2) is 10.6. The minimum absolute atomic E-state index is 0.00878. The first-order valence-electron chi connectivity index (χ1n) is 13.7. The van der Waals surface area contributed by atoms with Crippen LogP contribution in [0.15, 0.2) is 54.6 Å². The molecular weight excluding hydrogens is 464 g/mol. The summed E-state index contributed by atoms with van der Waals surface area (Å²) in [6.45, 7) is 7.39. The van der Waals surface area contributed by atoms with E-state index < -0.39 is 5.54 Å². The Balaban J connectivity index is 1.32. The Labute approximate surface area is 220 Å². The van der Waals surface area contributed by atoms with Gasteiger partial charge in [0.05, 0.1) is 6.67 Å². The normalized spacial score (nSPS) is 20.1. The maximum atomic E-state index is 14.0. The second-order valence-electron chi connectivity index (χ2n) is 10.8. The highest BCUT2D eigenvalue weighted by Crippen LogP contribution is 2.39. The number of rotatable bonds is 5. The van der Waals surface area contributed by atoms with Gasteiger partial charge in [0, 0.05) is 37.4 Å². The molecule has 1 spiro atoms. The number of amides is 3. The molecule has 196 valence electrons. The van der Waals surface area contributed by atoms with Gasteiger partial charge in [-0.2, -0.15) is 0 Å². The minimum Gasteiger partial charge on any atom is -0.341 e. The highest BCUT2D eigenvalue weighted by atomic mass is 16.2. The summed E-state index contributed by atoms with van der Waals surface area (Å²) in [5, 5.41) is 0.